The van der Waals surface area contributed by atoms with E-state index in [1.54, 1.807) is 0 Å². The molecule has 0 aromatic heterocycles. The molecule has 0 atom stereocenters. The van der Waals surface area contributed by atoms with E-state index in [-0.39, 0.29) is 24.4 Å². The summed E-state index contributed by atoms with van der Waals surface area (Å²) in [5.74, 6) is -0.547. The number of amides is 1. The maximum atomic E-state index is 11.8. The van der Waals surface area contributed by atoms with Gasteiger partial charge in [-0.15, -0.1) is 0 Å². The summed E-state index contributed by atoms with van der Waals surface area (Å²) in [6.07, 6.45) is 2.84. The maximum Gasteiger partial charge on any atom is 0.309 e. The quantitative estimate of drug-likeness (QED) is 0.417. The Hall–Kier alpha value is 0.350. The number of benzene rings is 1. The fraction of sp³-hybridized carbons (Fsp3) is 0.385. The van der Waals surface area contributed by atoms with Gasteiger partial charge in [0.1, 0.15) is 0 Å². The normalized spacial score (nSPS) is 14.6. The highest BCUT2D eigenvalue weighted by Gasteiger charge is 2.27. The molecule has 1 amide bonds. The van der Waals surface area contributed by atoms with Gasteiger partial charge in [0.05, 0.1) is 11.6 Å². The van der Waals surface area contributed by atoms with Crippen LogP contribution in [0.1, 0.15) is 19.3 Å². The zero-order chi connectivity index (χ0) is 14.7. The van der Waals surface area contributed by atoms with E-state index in [1.807, 2.05) is 12.1 Å². The van der Waals surface area contributed by atoms with Gasteiger partial charge in [-0.1, -0.05) is 6.42 Å². The lowest BCUT2D eigenvalue weighted by Crippen LogP contribution is -2.28. The Morgan fingerprint density at radius 3 is 2.30 bits per heavy atom. The fourth-order valence-corrected chi connectivity index (χ4v) is 5.59. The summed E-state index contributed by atoms with van der Waals surface area (Å²) in [4.78, 5) is 23.4. The zero-order valence-electron chi connectivity index (χ0n) is 10.4. The van der Waals surface area contributed by atoms with Crippen LogP contribution in [-0.2, 0) is 14.3 Å². The van der Waals surface area contributed by atoms with Crippen molar-refractivity contribution in [2.75, 3.05) is 11.9 Å². The third kappa shape index (κ3) is 4.42. The molecule has 0 bridgehead atoms. The van der Waals surface area contributed by atoms with Crippen molar-refractivity contribution in [2.45, 2.75) is 19.3 Å². The van der Waals surface area contributed by atoms with Gasteiger partial charge in [-0.05, 0) is 92.7 Å². The van der Waals surface area contributed by atoms with Gasteiger partial charge in [-0.2, -0.15) is 0 Å². The number of anilines is 1. The minimum absolute atomic E-state index is 0.00127. The van der Waals surface area contributed by atoms with Gasteiger partial charge in [-0.3, -0.25) is 9.59 Å². The van der Waals surface area contributed by atoms with Gasteiger partial charge in [0.25, 0.3) is 5.91 Å². The summed E-state index contributed by atoms with van der Waals surface area (Å²) < 4.78 is 8.08. The van der Waals surface area contributed by atoms with Crippen molar-refractivity contribution in [1.82, 2.24) is 0 Å². The number of hydrogen-bond acceptors (Lipinski definition) is 3. The second-order valence-corrected chi connectivity index (χ2v) is 8.10. The molecule has 1 saturated carbocycles. The average Bonchev–Trinajstić information content (AvgIpc) is 2.29. The molecule has 0 radical (unpaired) electrons. The van der Waals surface area contributed by atoms with Crippen molar-refractivity contribution in [3.8, 4) is 0 Å². The lowest BCUT2D eigenvalue weighted by Gasteiger charge is -2.22. The van der Waals surface area contributed by atoms with Crippen LogP contribution < -0.4 is 5.32 Å². The van der Waals surface area contributed by atoms with Gasteiger partial charge < -0.3 is 10.1 Å². The summed E-state index contributed by atoms with van der Waals surface area (Å²) in [5, 5.41) is 2.80. The van der Waals surface area contributed by atoms with Crippen molar-refractivity contribution in [3.63, 3.8) is 0 Å². The van der Waals surface area contributed by atoms with Gasteiger partial charge in [0.15, 0.2) is 6.61 Å². The Balaban J connectivity index is 1.89. The molecule has 0 spiro atoms. The lowest BCUT2D eigenvalue weighted by molar-refractivity contribution is -0.154. The molecule has 20 heavy (non-hydrogen) atoms. The fourth-order valence-electron chi connectivity index (χ4n) is 1.74. The standard InChI is InChI=1S/C13H12I3NO3/c14-8-4-9(15)12(10(16)5-8)17-11(18)6-20-13(19)7-2-1-3-7/h4-5,7H,1-3,6H2,(H,17,18). The molecular formula is C13H12I3NO3. The predicted molar refractivity (Wildman–Crippen MR) is 102 cm³/mol. The summed E-state index contributed by atoms with van der Waals surface area (Å²) in [6, 6.07) is 3.97. The van der Waals surface area contributed by atoms with Crippen molar-refractivity contribution >= 4 is 85.3 Å². The molecule has 0 unspecified atom stereocenters. The molecule has 0 heterocycles. The number of hydrogen-bond donors (Lipinski definition) is 1. The number of esters is 1. The monoisotopic (exact) mass is 611 g/mol. The van der Waals surface area contributed by atoms with Crippen LogP contribution in [0.5, 0.6) is 0 Å². The van der Waals surface area contributed by atoms with Gasteiger partial charge in [0.2, 0.25) is 0 Å². The number of carbonyl (C=O) groups is 2. The van der Waals surface area contributed by atoms with Crippen LogP contribution in [0.25, 0.3) is 0 Å². The number of ether oxygens (including phenoxy) is 1. The van der Waals surface area contributed by atoms with Gasteiger partial charge in [-0.25, -0.2) is 0 Å². The number of rotatable bonds is 4. The van der Waals surface area contributed by atoms with Crippen LogP contribution in [0.4, 0.5) is 5.69 Å². The zero-order valence-corrected chi connectivity index (χ0v) is 16.9. The molecule has 0 saturated heterocycles. The summed E-state index contributed by atoms with van der Waals surface area (Å²) in [7, 11) is 0. The third-order valence-corrected chi connectivity index (χ3v) is 5.38. The van der Waals surface area contributed by atoms with Crippen LogP contribution in [-0.4, -0.2) is 18.5 Å². The Morgan fingerprint density at radius 1 is 1.20 bits per heavy atom. The minimum atomic E-state index is -0.297. The van der Waals surface area contributed by atoms with Crippen LogP contribution in [0.2, 0.25) is 0 Å². The van der Waals surface area contributed by atoms with Crippen molar-refractivity contribution in [3.05, 3.63) is 22.8 Å². The van der Waals surface area contributed by atoms with E-state index < -0.39 is 0 Å². The molecule has 108 valence electrons. The molecule has 4 nitrogen and oxygen atoms in total. The first-order valence-corrected chi connectivity index (χ1v) is 9.32. The van der Waals surface area contributed by atoms with E-state index >= 15 is 0 Å². The molecule has 2 rings (SSSR count). The second kappa shape index (κ2) is 7.56. The Morgan fingerprint density at radius 2 is 1.80 bits per heavy atom. The van der Waals surface area contributed by atoms with Gasteiger partial charge >= 0.3 is 5.97 Å². The van der Waals surface area contributed by atoms with Crippen molar-refractivity contribution in [1.29, 1.82) is 0 Å². The van der Waals surface area contributed by atoms with Crippen LogP contribution >= 0.6 is 67.8 Å². The molecule has 1 aromatic carbocycles. The Bertz CT molecular complexity index is 521. The molecule has 0 aliphatic heterocycles. The average molecular weight is 611 g/mol. The van der Waals surface area contributed by atoms with Gasteiger partial charge in [0, 0.05) is 10.7 Å². The summed E-state index contributed by atoms with van der Waals surface area (Å²) >= 11 is 6.59. The Kier molecular flexibility index (Phi) is 6.32. The van der Waals surface area contributed by atoms with E-state index in [2.05, 4.69) is 73.1 Å². The second-order valence-electron chi connectivity index (χ2n) is 4.53. The largest absolute Gasteiger partial charge is 0.455 e. The molecule has 1 aliphatic rings. The third-order valence-electron chi connectivity index (χ3n) is 3.06. The van der Waals surface area contributed by atoms with E-state index in [0.717, 1.165) is 35.7 Å². The SMILES string of the molecule is O=C(COC(=O)C1CCC1)Nc1c(I)cc(I)cc1I. The molecule has 1 aromatic rings. The topological polar surface area (TPSA) is 55.4 Å². The van der Waals surface area contributed by atoms with Crippen molar-refractivity contribution < 1.29 is 14.3 Å². The molecule has 7 heteroatoms. The first-order valence-electron chi connectivity index (χ1n) is 6.08. The summed E-state index contributed by atoms with van der Waals surface area (Å²) in [5.41, 5.74) is 0.774. The highest BCUT2D eigenvalue weighted by molar-refractivity contribution is 14.1. The number of carbonyl (C=O) groups excluding carboxylic acids is 2. The van der Waals surface area contributed by atoms with Crippen molar-refractivity contribution in [2.24, 2.45) is 5.92 Å². The van der Waals surface area contributed by atoms with E-state index in [0.29, 0.717) is 0 Å². The lowest BCUT2D eigenvalue weighted by atomic mass is 9.86. The van der Waals surface area contributed by atoms with E-state index in [9.17, 15) is 9.59 Å². The van der Waals surface area contributed by atoms with E-state index in [4.69, 9.17) is 4.74 Å². The molecule has 1 fully saturated rings. The molecular weight excluding hydrogens is 599 g/mol. The maximum absolute atomic E-state index is 11.8. The smallest absolute Gasteiger partial charge is 0.309 e. The van der Waals surface area contributed by atoms with Crippen LogP contribution in [0.15, 0.2) is 12.1 Å². The van der Waals surface area contributed by atoms with E-state index in [1.165, 1.54) is 0 Å². The molecule has 1 N–H and O–H groups in total. The predicted octanol–water partition coefficient (Wildman–Crippen LogP) is 3.78. The molecule has 1 aliphatic carbocycles. The first kappa shape index (κ1) is 16.7. The number of halogens is 3. The van der Waals surface area contributed by atoms with Crippen LogP contribution in [0.3, 0.4) is 0 Å². The highest BCUT2D eigenvalue weighted by Crippen LogP contribution is 2.28. The summed E-state index contributed by atoms with van der Waals surface area (Å²) in [6.45, 7) is -0.215. The minimum Gasteiger partial charge on any atom is -0.455 e. The Labute approximate surface area is 158 Å². The highest BCUT2D eigenvalue weighted by atomic mass is 127. The number of nitrogens with one attached hydrogen (secondary N) is 1. The first-order chi connectivity index (χ1) is 9.47. The van der Waals surface area contributed by atoms with Crippen LogP contribution in [0, 0.1) is 16.6 Å².